The van der Waals surface area contributed by atoms with Gasteiger partial charge in [0.05, 0.1) is 5.58 Å². The summed E-state index contributed by atoms with van der Waals surface area (Å²) in [6, 6.07) is 35.1. The van der Waals surface area contributed by atoms with E-state index >= 15 is 0 Å². The van der Waals surface area contributed by atoms with Crippen molar-refractivity contribution in [3.63, 3.8) is 0 Å². The van der Waals surface area contributed by atoms with E-state index in [1.807, 2.05) is 67.0 Å². The van der Waals surface area contributed by atoms with Crippen molar-refractivity contribution < 1.29 is 24.5 Å². The molecule has 3 aromatic carbocycles. The van der Waals surface area contributed by atoms with Gasteiger partial charge in [0.15, 0.2) is 0 Å². The number of rotatable bonds is 4. The summed E-state index contributed by atoms with van der Waals surface area (Å²) in [7, 11) is -1.51. The molecule has 1 radical (unpaired) electrons. The third kappa shape index (κ3) is 6.28. The number of hydrogen-bond acceptors (Lipinski definition) is 3. The van der Waals surface area contributed by atoms with Gasteiger partial charge in [0.1, 0.15) is 5.58 Å². The number of hydrogen-bond donors (Lipinski definition) is 0. The number of para-hydroxylation sites is 1. The number of benzene rings is 3. The second-order valence-electron chi connectivity index (χ2n) is 10.8. The normalized spacial score (nSPS) is 11.2. The summed E-state index contributed by atoms with van der Waals surface area (Å²) >= 11 is 0. The van der Waals surface area contributed by atoms with Crippen molar-refractivity contribution in [3.05, 3.63) is 115 Å². The summed E-state index contributed by atoms with van der Waals surface area (Å²) < 4.78 is 6.22. The molecule has 0 aliphatic heterocycles. The molecule has 0 saturated heterocycles. The molecule has 5 heteroatoms. The minimum absolute atomic E-state index is 0. The number of pyridine rings is 2. The van der Waals surface area contributed by atoms with Crippen LogP contribution in [0.2, 0.25) is 19.6 Å². The van der Waals surface area contributed by atoms with Gasteiger partial charge >= 0.3 is 0 Å². The molecule has 0 aliphatic carbocycles. The summed E-state index contributed by atoms with van der Waals surface area (Å²) in [6.45, 7) is 11.4. The molecular weight excluding hydrogens is 673 g/mol. The van der Waals surface area contributed by atoms with Crippen LogP contribution in [-0.2, 0) is 20.1 Å². The van der Waals surface area contributed by atoms with Crippen molar-refractivity contribution in [1.82, 2.24) is 9.97 Å². The third-order valence-electron chi connectivity index (χ3n) is 6.62. The summed E-state index contributed by atoms with van der Waals surface area (Å²) in [5, 5.41) is 3.81. The summed E-state index contributed by atoms with van der Waals surface area (Å²) in [5.74, 6) is 0.534. The zero-order valence-electron chi connectivity index (χ0n) is 23.0. The maximum absolute atomic E-state index is 6.22. The quantitative estimate of drug-likeness (QED) is 0.136. The first kappa shape index (κ1) is 28.6. The average molecular weight is 705 g/mol. The predicted octanol–water partition coefficient (Wildman–Crippen LogP) is 8.66. The molecule has 3 aromatic heterocycles. The maximum Gasteiger partial charge on any atom is 0.120 e. The molecule has 0 aliphatic rings. The Balaban J connectivity index is 0.000000192. The second-order valence-corrected chi connectivity index (χ2v) is 15.8. The van der Waals surface area contributed by atoms with E-state index in [-0.39, 0.29) is 20.1 Å². The monoisotopic (exact) mass is 705 g/mol. The maximum atomic E-state index is 6.22. The predicted molar refractivity (Wildman–Crippen MR) is 161 cm³/mol. The van der Waals surface area contributed by atoms with Crippen molar-refractivity contribution >= 4 is 35.2 Å². The fraction of sp³-hybridized carbons (Fsp3) is 0.176. The van der Waals surface area contributed by atoms with Crippen LogP contribution in [0.15, 0.2) is 102 Å². The average Bonchev–Trinajstić information content (AvgIpc) is 3.33. The molecule has 6 aromatic rings. The fourth-order valence-electron chi connectivity index (χ4n) is 4.52. The topological polar surface area (TPSA) is 38.9 Å². The molecule has 39 heavy (non-hydrogen) atoms. The van der Waals surface area contributed by atoms with E-state index in [4.69, 9.17) is 4.42 Å². The number of fused-ring (bicyclic) bond motifs is 3. The third-order valence-corrected chi connectivity index (χ3v) is 8.63. The largest absolute Gasteiger partial charge is 0.501 e. The van der Waals surface area contributed by atoms with Gasteiger partial charge < -0.3 is 14.4 Å². The molecule has 0 spiro atoms. The van der Waals surface area contributed by atoms with Crippen LogP contribution in [0, 0.1) is 12.1 Å². The van der Waals surface area contributed by atoms with Gasteiger partial charge in [-0.05, 0) is 35.0 Å². The van der Waals surface area contributed by atoms with Crippen LogP contribution in [0.3, 0.4) is 0 Å². The smallest absolute Gasteiger partial charge is 0.120 e. The Kier molecular flexibility index (Phi) is 8.96. The summed E-state index contributed by atoms with van der Waals surface area (Å²) in [6.07, 6.45) is 3.75. The van der Waals surface area contributed by atoms with Crippen molar-refractivity contribution in [2.75, 3.05) is 0 Å². The van der Waals surface area contributed by atoms with Gasteiger partial charge in [-0.25, -0.2) is 0 Å². The van der Waals surface area contributed by atoms with E-state index in [1.165, 1.54) is 21.5 Å². The van der Waals surface area contributed by atoms with E-state index in [9.17, 15) is 0 Å². The Labute approximate surface area is 245 Å². The van der Waals surface area contributed by atoms with Gasteiger partial charge in [-0.1, -0.05) is 86.9 Å². The number of nitrogens with zero attached hydrogens (tertiary/aromatic N) is 2. The van der Waals surface area contributed by atoms with Gasteiger partial charge in [0, 0.05) is 46.0 Å². The van der Waals surface area contributed by atoms with Crippen LogP contribution in [-0.4, -0.2) is 18.0 Å². The second kappa shape index (κ2) is 12.2. The van der Waals surface area contributed by atoms with Crippen LogP contribution in [0.1, 0.15) is 25.3 Å². The molecule has 0 saturated carbocycles. The van der Waals surface area contributed by atoms with Crippen molar-refractivity contribution in [3.8, 4) is 22.5 Å². The van der Waals surface area contributed by atoms with E-state index in [0.29, 0.717) is 5.92 Å². The van der Waals surface area contributed by atoms with Crippen molar-refractivity contribution in [1.29, 1.82) is 0 Å². The van der Waals surface area contributed by atoms with Crippen LogP contribution in [0.5, 0.6) is 0 Å². The Morgan fingerprint density at radius 1 is 0.795 bits per heavy atom. The fourth-order valence-corrected chi connectivity index (χ4v) is 6.03. The zero-order valence-corrected chi connectivity index (χ0v) is 26.3. The first-order chi connectivity index (χ1) is 18.3. The van der Waals surface area contributed by atoms with E-state index in [0.717, 1.165) is 33.7 Å². The molecule has 0 fully saturated rings. The molecular formula is C34H32IrN2OSi-2. The molecule has 3 heterocycles. The molecule has 0 unspecified atom stereocenters. The SMILES string of the molecule is CC(C)c1ccc(-c2[c-]cccc2)nc1.C[Si](C)(C)c1c[c-]c(-c2ccccn2)c2oc3ccccc3c12.[Ir]. The van der Waals surface area contributed by atoms with Gasteiger partial charge in [0.2, 0.25) is 0 Å². The standard InChI is InChI=1S/C20H18NOSi.C14H14N.Ir/c1-23(2,3)18-12-11-14(16-9-6-7-13-21-16)20-19(18)15-8-4-5-10-17(15)22-20;1-11(2)13-8-9-14(15-10-13)12-6-4-3-5-7-12;/h4-10,12-13H,1-3H3;3-6,8-11H,1-2H3;/q2*-1;. The summed E-state index contributed by atoms with van der Waals surface area (Å²) in [4.78, 5) is 8.92. The van der Waals surface area contributed by atoms with Crippen molar-refractivity contribution in [2.24, 2.45) is 0 Å². The molecule has 199 valence electrons. The Bertz CT molecular complexity index is 1660. The number of aromatic nitrogens is 2. The Morgan fingerprint density at radius 3 is 2.21 bits per heavy atom. The minimum atomic E-state index is -1.51. The Hall–Kier alpha value is -3.37. The van der Waals surface area contributed by atoms with E-state index in [1.54, 1.807) is 0 Å². The van der Waals surface area contributed by atoms with Gasteiger partial charge in [0.25, 0.3) is 0 Å². The first-order valence-corrected chi connectivity index (χ1v) is 16.5. The Morgan fingerprint density at radius 2 is 1.56 bits per heavy atom. The van der Waals surface area contributed by atoms with Gasteiger partial charge in [-0.2, -0.15) is 0 Å². The molecule has 0 atom stereocenters. The molecule has 0 amide bonds. The van der Waals surface area contributed by atoms with Crippen LogP contribution >= 0.6 is 0 Å². The molecule has 0 bridgehead atoms. The number of furan rings is 1. The molecule has 0 N–H and O–H groups in total. The van der Waals surface area contributed by atoms with E-state index < -0.39 is 8.07 Å². The first-order valence-electron chi connectivity index (χ1n) is 13.0. The molecule has 6 rings (SSSR count). The van der Waals surface area contributed by atoms with Crippen molar-refractivity contribution in [2.45, 2.75) is 39.4 Å². The van der Waals surface area contributed by atoms with Gasteiger partial charge in [-0.3, -0.25) is 0 Å². The van der Waals surface area contributed by atoms with Crippen LogP contribution < -0.4 is 5.19 Å². The van der Waals surface area contributed by atoms with Gasteiger partial charge in [-0.15, -0.1) is 53.2 Å². The van der Waals surface area contributed by atoms with E-state index in [2.05, 4.69) is 85.9 Å². The summed E-state index contributed by atoms with van der Waals surface area (Å²) in [5.41, 5.74) is 6.99. The minimum Gasteiger partial charge on any atom is -0.501 e. The van der Waals surface area contributed by atoms with Crippen LogP contribution in [0.25, 0.3) is 44.5 Å². The van der Waals surface area contributed by atoms with Crippen LogP contribution in [0.4, 0.5) is 0 Å². The zero-order chi connectivity index (χ0) is 26.7. The molecule has 3 nitrogen and oxygen atoms in total.